The van der Waals surface area contributed by atoms with Gasteiger partial charge in [-0.3, -0.25) is 9.59 Å². The highest BCUT2D eigenvalue weighted by atomic mass is 19.4. The summed E-state index contributed by atoms with van der Waals surface area (Å²) in [4.78, 5) is 27.8. The number of rotatable bonds is 1. The van der Waals surface area contributed by atoms with Crippen LogP contribution in [0.1, 0.15) is 57.1 Å². The van der Waals surface area contributed by atoms with Crippen LogP contribution < -0.4 is 14.8 Å². The second-order valence-electron chi connectivity index (χ2n) is 11.1. The molecular formula is C35H31F3N2O5. The number of carbonyl (C=O) groups excluding carboxylic acids is 2. The molecule has 2 amide bonds. The molecule has 232 valence electrons. The van der Waals surface area contributed by atoms with Crippen molar-refractivity contribution in [3.05, 3.63) is 118 Å². The van der Waals surface area contributed by atoms with Crippen LogP contribution in [0.5, 0.6) is 23.0 Å². The number of hydrogen-bond acceptors (Lipinski definition) is 5. The normalized spacial score (nSPS) is 17.1. The van der Waals surface area contributed by atoms with E-state index in [-0.39, 0.29) is 35.3 Å². The molecule has 4 heterocycles. The maximum atomic E-state index is 13.8. The van der Waals surface area contributed by atoms with Gasteiger partial charge in [-0.05, 0) is 102 Å². The number of aryl methyl sites for hydroxylation is 1. The molecule has 45 heavy (non-hydrogen) atoms. The summed E-state index contributed by atoms with van der Waals surface area (Å²) in [5.74, 6) is 0.893. The average molecular weight is 617 g/mol. The molecule has 4 aromatic carbocycles. The Balaban J connectivity index is 1.37. The molecule has 4 aromatic rings. The number of carbonyl (C=O) groups is 2. The van der Waals surface area contributed by atoms with Gasteiger partial charge in [0.25, 0.3) is 5.91 Å². The van der Waals surface area contributed by atoms with Gasteiger partial charge < -0.3 is 24.8 Å². The summed E-state index contributed by atoms with van der Waals surface area (Å²) in [6, 6.07) is 21.7. The van der Waals surface area contributed by atoms with Gasteiger partial charge in [-0.25, -0.2) is 0 Å². The van der Waals surface area contributed by atoms with Crippen molar-refractivity contribution in [1.29, 1.82) is 0 Å². The van der Waals surface area contributed by atoms with Crippen molar-refractivity contribution in [3.8, 4) is 23.0 Å². The molecule has 2 N–H and O–H groups in total. The summed E-state index contributed by atoms with van der Waals surface area (Å²) in [7, 11) is 0. The van der Waals surface area contributed by atoms with E-state index in [1.165, 1.54) is 18.2 Å². The summed E-state index contributed by atoms with van der Waals surface area (Å²) >= 11 is 0. The van der Waals surface area contributed by atoms with Crippen molar-refractivity contribution in [2.24, 2.45) is 0 Å². The highest BCUT2D eigenvalue weighted by molar-refractivity contribution is 5.95. The van der Waals surface area contributed by atoms with Gasteiger partial charge in [-0.2, -0.15) is 13.2 Å². The number of nitrogens with zero attached hydrogens (tertiary/aromatic N) is 1. The quantitative estimate of drug-likeness (QED) is 0.245. The molecule has 0 radical (unpaired) electrons. The number of phenols is 1. The number of benzene rings is 4. The zero-order valence-electron chi connectivity index (χ0n) is 24.3. The minimum Gasteiger partial charge on any atom is -0.504 e. The van der Waals surface area contributed by atoms with Crippen LogP contribution in [0.15, 0.2) is 84.9 Å². The number of ether oxygens (including phenoxy) is 2. The van der Waals surface area contributed by atoms with Gasteiger partial charge >= 0.3 is 6.18 Å². The Hall–Kier alpha value is -4.99. The van der Waals surface area contributed by atoms with Gasteiger partial charge in [0.1, 0.15) is 11.5 Å². The summed E-state index contributed by atoms with van der Waals surface area (Å²) in [6.07, 6.45) is -2.65. The second kappa shape index (κ2) is 12.6. The zero-order valence-corrected chi connectivity index (χ0v) is 24.3. The number of hydrogen-bond donors (Lipinski definition) is 2. The smallest absolute Gasteiger partial charge is 0.416 e. The molecule has 10 heteroatoms. The predicted molar refractivity (Wildman–Crippen MR) is 161 cm³/mol. The molecule has 0 saturated carbocycles. The van der Waals surface area contributed by atoms with Gasteiger partial charge in [0.15, 0.2) is 11.5 Å². The summed E-state index contributed by atoms with van der Waals surface area (Å²) in [5.41, 5.74) is 2.78. The first-order chi connectivity index (χ1) is 21.7. The Kier molecular flexibility index (Phi) is 8.38. The van der Waals surface area contributed by atoms with Crippen molar-refractivity contribution in [2.75, 3.05) is 19.7 Å². The van der Waals surface area contributed by atoms with Gasteiger partial charge in [-0.15, -0.1) is 0 Å². The van der Waals surface area contributed by atoms with Crippen LogP contribution in [0.25, 0.3) is 0 Å². The minimum absolute atomic E-state index is 0.0365. The van der Waals surface area contributed by atoms with E-state index in [0.29, 0.717) is 50.5 Å². The van der Waals surface area contributed by atoms with Crippen LogP contribution in [-0.2, 0) is 23.8 Å². The van der Waals surface area contributed by atoms with Crippen LogP contribution in [0.2, 0.25) is 0 Å². The molecular weight excluding hydrogens is 585 g/mol. The Bertz CT molecular complexity index is 1700. The number of phenolic OH excluding ortho intramolecular Hbond substituents is 1. The molecule has 4 aliphatic rings. The minimum atomic E-state index is -4.50. The number of nitrogens with one attached hydrogen (secondary N) is 1. The molecule has 0 fully saturated rings. The third kappa shape index (κ3) is 6.74. The average Bonchev–Trinajstić information content (AvgIpc) is 3.03. The SMILES string of the molecule is O=C1CCc2ccc(O)c(c2)Oc2ccc3c(c2)CCN(C(=O)c2ccc(C(F)(F)F)cc2)C3c2ccc(cc2)OCCCN1. The molecule has 0 saturated heterocycles. The molecule has 0 aromatic heterocycles. The lowest BCUT2D eigenvalue weighted by Gasteiger charge is -2.38. The van der Waals surface area contributed by atoms with E-state index in [1.54, 1.807) is 23.1 Å². The fourth-order valence-electron chi connectivity index (χ4n) is 5.72. The molecule has 0 aliphatic carbocycles. The number of amides is 2. The van der Waals surface area contributed by atoms with E-state index in [1.807, 2.05) is 36.4 Å². The lowest BCUT2D eigenvalue weighted by atomic mass is 9.87. The Morgan fingerprint density at radius 1 is 0.889 bits per heavy atom. The fraction of sp³-hybridized carbons (Fsp3) is 0.257. The number of alkyl halides is 3. The van der Waals surface area contributed by atoms with E-state index in [0.717, 1.165) is 34.4 Å². The van der Waals surface area contributed by atoms with E-state index >= 15 is 0 Å². The van der Waals surface area contributed by atoms with Crippen molar-refractivity contribution < 1.29 is 37.3 Å². The lowest BCUT2D eigenvalue weighted by Crippen LogP contribution is -2.40. The van der Waals surface area contributed by atoms with E-state index < -0.39 is 17.8 Å². The molecule has 1 unspecified atom stereocenters. The first-order valence-electron chi connectivity index (χ1n) is 14.8. The third-order valence-corrected chi connectivity index (χ3v) is 8.06. The lowest BCUT2D eigenvalue weighted by molar-refractivity contribution is -0.137. The van der Waals surface area contributed by atoms with Crippen LogP contribution in [-0.4, -0.2) is 41.5 Å². The third-order valence-electron chi connectivity index (χ3n) is 8.06. The van der Waals surface area contributed by atoms with Gasteiger partial charge in [0, 0.05) is 25.1 Å². The van der Waals surface area contributed by atoms with E-state index in [2.05, 4.69) is 5.32 Å². The standard InChI is InChI=1S/C35H31F3N2O5/c36-35(37,38)26-8-4-24(5-9-26)34(43)40-18-16-25-21-28-12-13-29(25)33(40)23-6-10-27(11-7-23)44-19-1-17-39-32(42)15-3-22-2-14-30(41)31(20-22)45-28/h2,4-14,20-21,33,41H,1,3,15-19H2,(H,39,42). The molecule has 0 spiro atoms. The zero-order chi connectivity index (χ0) is 31.6. The molecule has 8 bridgehead atoms. The molecule has 8 rings (SSSR count). The Labute approximate surface area is 258 Å². The highest BCUT2D eigenvalue weighted by Crippen LogP contribution is 2.40. The van der Waals surface area contributed by atoms with E-state index in [4.69, 9.17) is 9.47 Å². The number of halogens is 3. The fourth-order valence-corrected chi connectivity index (χ4v) is 5.72. The Morgan fingerprint density at radius 3 is 2.40 bits per heavy atom. The summed E-state index contributed by atoms with van der Waals surface area (Å²) < 4.78 is 51.5. The summed E-state index contributed by atoms with van der Waals surface area (Å²) in [5, 5.41) is 13.4. The first kappa shape index (κ1) is 30.1. The molecule has 7 nitrogen and oxygen atoms in total. The van der Waals surface area contributed by atoms with Crippen molar-refractivity contribution in [3.63, 3.8) is 0 Å². The van der Waals surface area contributed by atoms with Crippen LogP contribution in [0, 0.1) is 0 Å². The van der Waals surface area contributed by atoms with Crippen LogP contribution in [0.4, 0.5) is 13.2 Å². The molecule has 4 aliphatic heterocycles. The van der Waals surface area contributed by atoms with Crippen molar-refractivity contribution in [2.45, 2.75) is 37.9 Å². The Morgan fingerprint density at radius 2 is 1.64 bits per heavy atom. The van der Waals surface area contributed by atoms with Gasteiger partial charge in [0.2, 0.25) is 5.91 Å². The highest BCUT2D eigenvalue weighted by Gasteiger charge is 2.34. The first-order valence-corrected chi connectivity index (χ1v) is 14.8. The topological polar surface area (TPSA) is 88.1 Å². The van der Waals surface area contributed by atoms with Crippen molar-refractivity contribution >= 4 is 11.8 Å². The second-order valence-corrected chi connectivity index (χ2v) is 11.1. The van der Waals surface area contributed by atoms with Crippen LogP contribution in [0.3, 0.4) is 0 Å². The van der Waals surface area contributed by atoms with Gasteiger partial charge in [-0.1, -0.05) is 24.3 Å². The maximum Gasteiger partial charge on any atom is 0.416 e. The summed E-state index contributed by atoms with van der Waals surface area (Å²) in [6.45, 7) is 1.17. The van der Waals surface area contributed by atoms with Gasteiger partial charge in [0.05, 0.1) is 18.2 Å². The maximum absolute atomic E-state index is 13.8. The monoisotopic (exact) mass is 616 g/mol. The van der Waals surface area contributed by atoms with Crippen LogP contribution >= 0.6 is 0 Å². The number of fused-ring (bicyclic) bond motifs is 1. The number of aromatic hydroxyl groups is 1. The molecule has 1 atom stereocenters. The van der Waals surface area contributed by atoms with E-state index in [9.17, 15) is 27.9 Å². The predicted octanol–water partition coefficient (Wildman–Crippen LogP) is 6.82. The van der Waals surface area contributed by atoms with Crippen molar-refractivity contribution in [1.82, 2.24) is 10.2 Å². The largest absolute Gasteiger partial charge is 0.504 e.